The topological polar surface area (TPSA) is 84.0 Å². The molecule has 0 aliphatic carbocycles. The first kappa shape index (κ1) is 27.5. The minimum Gasteiger partial charge on any atom is -0.490 e. The molecule has 2 aromatic carbocycles. The average Bonchev–Trinajstić information content (AvgIpc) is 2.78. The summed E-state index contributed by atoms with van der Waals surface area (Å²) in [5, 5.41) is 9.52. The molecule has 3 N–H and O–H groups in total. The SMILES string of the molecule is CCNC(=O)c1cccc(CNC(=NC)NC(C)c2ccc(OCC)c(OCC)c2)c1.I. The summed E-state index contributed by atoms with van der Waals surface area (Å²) in [5.74, 6) is 2.08. The number of aliphatic imine (C=N–C) groups is 1. The highest BCUT2D eigenvalue weighted by Gasteiger charge is 2.13. The molecule has 0 saturated heterocycles. The lowest BCUT2D eigenvalue weighted by molar-refractivity contribution is 0.0955. The monoisotopic (exact) mass is 554 g/mol. The largest absolute Gasteiger partial charge is 0.490 e. The molecule has 0 aliphatic heterocycles. The summed E-state index contributed by atoms with van der Waals surface area (Å²) in [4.78, 5) is 16.4. The van der Waals surface area contributed by atoms with Gasteiger partial charge in [-0.25, -0.2) is 0 Å². The van der Waals surface area contributed by atoms with Gasteiger partial charge in [0.1, 0.15) is 0 Å². The summed E-state index contributed by atoms with van der Waals surface area (Å²) in [6.07, 6.45) is 0. The van der Waals surface area contributed by atoms with E-state index in [4.69, 9.17) is 9.47 Å². The third kappa shape index (κ3) is 8.22. The Hall–Kier alpha value is -2.49. The summed E-state index contributed by atoms with van der Waals surface area (Å²) in [6.45, 7) is 10.2. The summed E-state index contributed by atoms with van der Waals surface area (Å²) in [5.41, 5.74) is 2.71. The van der Waals surface area contributed by atoms with Gasteiger partial charge in [-0.1, -0.05) is 18.2 Å². The molecule has 0 radical (unpaired) electrons. The molecule has 0 heterocycles. The second-order valence-corrected chi connectivity index (χ2v) is 6.92. The first-order valence-electron chi connectivity index (χ1n) is 10.8. The maximum Gasteiger partial charge on any atom is 0.251 e. The number of hydrogen-bond donors (Lipinski definition) is 3. The van der Waals surface area contributed by atoms with Crippen LogP contribution in [0.5, 0.6) is 11.5 Å². The summed E-state index contributed by atoms with van der Waals surface area (Å²) in [6, 6.07) is 13.5. The molecule has 2 rings (SSSR count). The molecule has 1 atom stereocenters. The average molecular weight is 554 g/mol. The molecule has 8 heteroatoms. The van der Waals surface area contributed by atoms with E-state index < -0.39 is 0 Å². The predicted octanol–water partition coefficient (Wildman–Crippen LogP) is 4.28. The molecule has 1 unspecified atom stereocenters. The summed E-state index contributed by atoms with van der Waals surface area (Å²) in [7, 11) is 1.73. The second-order valence-electron chi connectivity index (χ2n) is 6.92. The highest BCUT2D eigenvalue weighted by atomic mass is 127. The standard InChI is InChI=1S/C24H34N4O3.HI/c1-6-26-23(29)20-11-9-10-18(14-20)16-27-24(25-5)28-17(4)19-12-13-21(30-7-2)22(15-19)31-8-3;/h9-15,17H,6-8,16H2,1-5H3,(H,26,29)(H2,25,27,28);1H. The number of halogens is 1. The molecule has 32 heavy (non-hydrogen) atoms. The number of guanidine groups is 1. The third-order valence-corrected chi connectivity index (χ3v) is 4.63. The van der Waals surface area contributed by atoms with E-state index in [1.54, 1.807) is 7.05 Å². The van der Waals surface area contributed by atoms with E-state index in [1.807, 2.05) is 63.2 Å². The van der Waals surface area contributed by atoms with E-state index in [1.165, 1.54) is 0 Å². The Morgan fingerprint density at radius 2 is 1.72 bits per heavy atom. The quantitative estimate of drug-likeness (QED) is 0.232. The first-order chi connectivity index (χ1) is 15.0. The van der Waals surface area contributed by atoms with E-state index in [-0.39, 0.29) is 35.9 Å². The fourth-order valence-corrected chi connectivity index (χ4v) is 3.09. The van der Waals surface area contributed by atoms with Crippen molar-refractivity contribution in [2.45, 2.75) is 40.3 Å². The van der Waals surface area contributed by atoms with Crippen LogP contribution in [0.2, 0.25) is 0 Å². The smallest absolute Gasteiger partial charge is 0.251 e. The van der Waals surface area contributed by atoms with Gasteiger partial charge >= 0.3 is 0 Å². The third-order valence-electron chi connectivity index (χ3n) is 4.63. The van der Waals surface area contributed by atoms with Crippen molar-refractivity contribution < 1.29 is 14.3 Å². The van der Waals surface area contributed by atoms with Crippen LogP contribution in [0.3, 0.4) is 0 Å². The molecular weight excluding hydrogens is 519 g/mol. The lowest BCUT2D eigenvalue weighted by Crippen LogP contribution is -2.38. The van der Waals surface area contributed by atoms with Crippen LogP contribution in [-0.4, -0.2) is 38.7 Å². The number of rotatable bonds is 10. The van der Waals surface area contributed by atoms with Crippen molar-refractivity contribution >= 4 is 35.8 Å². The Balaban J connectivity index is 0.00000512. The van der Waals surface area contributed by atoms with Crippen LogP contribution >= 0.6 is 24.0 Å². The molecule has 1 amide bonds. The number of amides is 1. The Morgan fingerprint density at radius 1 is 1.00 bits per heavy atom. The van der Waals surface area contributed by atoms with Gasteiger partial charge < -0.3 is 25.4 Å². The zero-order chi connectivity index (χ0) is 22.6. The van der Waals surface area contributed by atoms with Crippen molar-refractivity contribution in [2.75, 3.05) is 26.8 Å². The normalized spacial score (nSPS) is 11.7. The van der Waals surface area contributed by atoms with Gasteiger partial charge in [-0.3, -0.25) is 9.79 Å². The Labute approximate surface area is 208 Å². The van der Waals surface area contributed by atoms with Crippen LogP contribution in [0, 0.1) is 0 Å². The van der Waals surface area contributed by atoms with Crippen LogP contribution < -0.4 is 25.4 Å². The number of carbonyl (C=O) groups excluding carboxylic acids is 1. The van der Waals surface area contributed by atoms with Crippen LogP contribution in [0.15, 0.2) is 47.5 Å². The molecule has 0 saturated carbocycles. The fraction of sp³-hybridized carbons (Fsp3) is 0.417. The van der Waals surface area contributed by atoms with Crippen LogP contribution in [0.25, 0.3) is 0 Å². The highest BCUT2D eigenvalue weighted by Crippen LogP contribution is 2.30. The molecule has 0 aliphatic rings. The first-order valence-corrected chi connectivity index (χ1v) is 10.8. The number of carbonyl (C=O) groups is 1. The molecule has 7 nitrogen and oxygen atoms in total. The Bertz CT molecular complexity index is 889. The minimum absolute atomic E-state index is 0. The van der Waals surface area contributed by atoms with E-state index in [0.717, 1.165) is 22.6 Å². The van der Waals surface area contributed by atoms with Gasteiger partial charge in [-0.15, -0.1) is 24.0 Å². The van der Waals surface area contributed by atoms with Gasteiger partial charge in [-0.2, -0.15) is 0 Å². The number of ether oxygens (including phenoxy) is 2. The van der Waals surface area contributed by atoms with Crippen LogP contribution in [-0.2, 0) is 6.54 Å². The van der Waals surface area contributed by atoms with Crippen molar-refractivity contribution in [3.8, 4) is 11.5 Å². The molecular formula is C24H35IN4O3. The van der Waals surface area contributed by atoms with Crippen molar-refractivity contribution in [1.29, 1.82) is 0 Å². The van der Waals surface area contributed by atoms with Gasteiger partial charge in [0.2, 0.25) is 0 Å². The van der Waals surface area contributed by atoms with Crippen molar-refractivity contribution in [2.24, 2.45) is 4.99 Å². The molecule has 0 bridgehead atoms. The van der Waals surface area contributed by atoms with Crippen molar-refractivity contribution in [1.82, 2.24) is 16.0 Å². The predicted molar refractivity (Wildman–Crippen MR) is 140 cm³/mol. The van der Waals surface area contributed by atoms with Gasteiger partial charge in [0.05, 0.1) is 19.3 Å². The molecule has 0 aromatic heterocycles. The lowest BCUT2D eigenvalue weighted by Gasteiger charge is -2.20. The molecule has 0 spiro atoms. The van der Waals surface area contributed by atoms with Gasteiger partial charge in [-0.05, 0) is 63.1 Å². The zero-order valence-electron chi connectivity index (χ0n) is 19.5. The number of nitrogens with one attached hydrogen (secondary N) is 3. The minimum atomic E-state index is -0.0684. The van der Waals surface area contributed by atoms with E-state index in [2.05, 4.69) is 27.9 Å². The van der Waals surface area contributed by atoms with Crippen molar-refractivity contribution in [3.63, 3.8) is 0 Å². The van der Waals surface area contributed by atoms with Gasteiger partial charge in [0, 0.05) is 25.7 Å². The highest BCUT2D eigenvalue weighted by molar-refractivity contribution is 14.0. The summed E-state index contributed by atoms with van der Waals surface area (Å²) >= 11 is 0. The maximum atomic E-state index is 12.0. The molecule has 2 aromatic rings. The molecule has 176 valence electrons. The van der Waals surface area contributed by atoms with Crippen molar-refractivity contribution in [3.05, 3.63) is 59.2 Å². The Morgan fingerprint density at radius 3 is 2.38 bits per heavy atom. The lowest BCUT2D eigenvalue weighted by atomic mass is 10.1. The zero-order valence-corrected chi connectivity index (χ0v) is 21.9. The Kier molecular flexibility index (Phi) is 12.5. The van der Waals surface area contributed by atoms with E-state index in [0.29, 0.717) is 37.8 Å². The number of hydrogen-bond acceptors (Lipinski definition) is 4. The number of nitrogens with zero attached hydrogens (tertiary/aromatic N) is 1. The fourth-order valence-electron chi connectivity index (χ4n) is 3.09. The van der Waals surface area contributed by atoms with Crippen LogP contribution in [0.4, 0.5) is 0 Å². The maximum absolute atomic E-state index is 12.0. The van der Waals surface area contributed by atoms with E-state index in [9.17, 15) is 4.79 Å². The van der Waals surface area contributed by atoms with Gasteiger partial charge in [0.25, 0.3) is 5.91 Å². The molecule has 0 fully saturated rings. The van der Waals surface area contributed by atoms with Crippen LogP contribution in [0.1, 0.15) is 55.2 Å². The second kappa shape index (κ2) is 14.5. The number of benzene rings is 2. The van der Waals surface area contributed by atoms with E-state index >= 15 is 0 Å². The summed E-state index contributed by atoms with van der Waals surface area (Å²) < 4.78 is 11.4. The van der Waals surface area contributed by atoms with Gasteiger partial charge in [0.15, 0.2) is 17.5 Å².